The largest absolute Gasteiger partial charge is 0.444 e. The van der Waals surface area contributed by atoms with Gasteiger partial charge in [-0.25, -0.2) is 4.79 Å². The van der Waals surface area contributed by atoms with Crippen molar-refractivity contribution in [2.24, 2.45) is 0 Å². The van der Waals surface area contributed by atoms with Crippen molar-refractivity contribution in [3.8, 4) is 6.07 Å². The van der Waals surface area contributed by atoms with Gasteiger partial charge >= 0.3 is 6.09 Å². The van der Waals surface area contributed by atoms with Crippen LogP contribution in [0, 0.1) is 11.3 Å². The molecule has 0 aromatic carbocycles. The standard InChI is InChI=1S/C16H25BrN4O2/c1-7-8-21-12(13(17)11(10-18)20-21)9-16(5,6)19-14(22)23-15(2,3)4/h7-9H2,1-6H3,(H,19,22). The Bertz CT molecular complexity index is 609. The van der Waals surface area contributed by atoms with E-state index in [1.54, 1.807) is 0 Å². The number of nitrogens with one attached hydrogen (secondary N) is 1. The molecule has 6 nitrogen and oxygen atoms in total. The van der Waals surface area contributed by atoms with Gasteiger partial charge in [0.25, 0.3) is 0 Å². The van der Waals surface area contributed by atoms with E-state index in [0.717, 1.165) is 18.7 Å². The van der Waals surface area contributed by atoms with E-state index in [1.165, 1.54) is 0 Å². The lowest BCUT2D eigenvalue weighted by atomic mass is 9.98. The van der Waals surface area contributed by atoms with Gasteiger partial charge in [-0.3, -0.25) is 4.68 Å². The molecule has 0 atom stereocenters. The number of halogens is 1. The molecule has 0 fully saturated rings. The second-order valence-corrected chi connectivity index (χ2v) is 7.92. The Morgan fingerprint density at radius 2 is 2.00 bits per heavy atom. The van der Waals surface area contributed by atoms with Crippen LogP contribution in [0.2, 0.25) is 0 Å². The fraction of sp³-hybridized carbons (Fsp3) is 0.688. The van der Waals surface area contributed by atoms with Crippen molar-refractivity contribution in [2.45, 2.75) is 72.1 Å². The molecule has 0 spiro atoms. The first-order valence-electron chi connectivity index (χ1n) is 7.65. The van der Waals surface area contributed by atoms with Gasteiger partial charge in [-0.2, -0.15) is 10.4 Å². The van der Waals surface area contributed by atoms with E-state index in [-0.39, 0.29) is 0 Å². The number of aryl methyl sites for hydroxylation is 1. The average Bonchev–Trinajstić information content (AvgIpc) is 2.64. The van der Waals surface area contributed by atoms with E-state index in [9.17, 15) is 4.79 Å². The molecule has 0 unspecified atom stereocenters. The zero-order chi connectivity index (χ0) is 17.8. The van der Waals surface area contributed by atoms with Gasteiger partial charge < -0.3 is 10.1 Å². The predicted molar refractivity (Wildman–Crippen MR) is 92.1 cm³/mol. The third kappa shape index (κ3) is 5.87. The number of carbonyl (C=O) groups excluding carboxylic acids is 1. The predicted octanol–water partition coefficient (Wildman–Crippen LogP) is 3.77. The molecular weight excluding hydrogens is 360 g/mol. The van der Waals surface area contributed by atoms with E-state index in [2.05, 4.69) is 39.3 Å². The molecule has 7 heteroatoms. The molecule has 0 aliphatic heterocycles. The maximum absolute atomic E-state index is 12.0. The van der Waals surface area contributed by atoms with E-state index in [4.69, 9.17) is 10.00 Å². The van der Waals surface area contributed by atoms with Crippen molar-refractivity contribution >= 4 is 22.0 Å². The van der Waals surface area contributed by atoms with Crippen LogP contribution in [0.1, 0.15) is 59.4 Å². The summed E-state index contributed by atoms with van der Waals surface area (Å²) in [7, 11) is 0. The Hall–Kier alpha value is -1.55. The van der Waals surface area contributed by atoms with Crippen molar-refractivity contribution in [3.63, 3.8) is 0 Å². The Labute approximate surface area is 146 Å². The van der Waals surface area contributed by atoms with Gasteiger partial charge in [-0.05, 0) is 57.0 Å². The van der Waals surface area contributed by atoms with Crippen LogP contribution in [-0.4, -0.2) is 27.0 Å². The monoisotopic (exact) mass is 384 g/mol. The van der Waals surface area contributed by atoms with Crippen molar-refractivity contribution in [3.05, 3.63) is 15.9 Å². The van der Waals surface area contributed by atoms with Gasteiger partial charge in [0.1, 0.15) is 11.7 Å². The van der Waals surface area contributed by atoms with Crippen LogP contribution in [0.25, 0.3) is 0 Å². The summed E-state index contributed by atoms with van der Waals surface area (Å²) in [6, 6.07) is 2.08. The highest BCUT2D eigenvalue weighted by atomic mass is 79.9. The zero-order valence-corrected chi connectivity index (χ0v) is 16.2. The van der Waals surface area contributed by atoms with Crippen LogP contribution in [-0.2, 0) is 17.7 Å². The minimum absolute atomic E-state index is 0.363. The van der Waals surface area contributed by atoms with E-state index in [1.807, 2.05) is 39.3 Å². The number of hydrogen-bond acceptors (Lipinski definition) is 4. The molecule has 1 amide bonds. The van der Waals surface area contributed by atoms with Crippen LogP contribution in [0.15, 0.2) is 4.47 Å². The topological polar surface area (TPSA) is 79.9 Å². The number of nitrogens with zero attached hydrogens (tertiary/aromatic N) is 3. The number of alkyl carbamates (subject to hydrolysis) is 1. The van der Waals surface area contributed by atoms with Crippen molar-refractivity contribution in [2.75, 3.05) is 0 Å². The van der Waals surface area contributed by atoms with Gasteiger partial charge in [0.05, 0.1) is 10.2 Å². The van der Waals surface area contributed by atoms with Gasteiger partial charge in [0.2, 0.25) is 0 Å². The molecule has 0 radical (unpaired) electrons. The summed E-state index contributed by atoms with van der Waals surface area (Å²) in [5, 5.41) is 16.3. The highest BCUT2D eigenvalue weighted by molar-refractivity contribution is 9.10. The third-order valence-corrected chi connectivity index (χ3v) is 3.82. The molecule has 1 N–H and O–H groups in total. The van der Waals surface area contributed by atoms with Gasteiger partial charge in [-0.15, -0.1) is 0 Å². The van der Waals surface area contributed by atoms with E-state index < -0.39 is 17.2 Å². The molecule has 1 aromatic rings. The summed E-state index contributed by atoms with van der Waals surface area (Å²) in [4.78, 5) is 12.0. The molecule has 1 aromatic heterocycles. The number of aromatic nitrogens is 2. The molecule has 23 heavy (non-hydrogen) atoms. The molecule has 0 bridgehead atoms. The molecule has 0 aliphatic carbocycles. The fourth-order valence-electron chi connectivity index (χ4n) is 2.15. The molecule has 0 saturated heterocycles. The molecule has 128 valence electrons. The first kappa shape index (κ1) is 19.5. The summed E-state index contributed by atoms with van der Waals surface area (Å²) in [6.45, 7) is 12.1. The lowest BCUT2D eigenvalue weighted by Gasteiger charge is -2.29. The molecular formula is C16H25BrN4O2. The lowest BCUT2D eigenvalue weighted by molar-refractivity contribution is 0.0471. The lowest BCUT2D eigenvalue weighted by Crippen LogP contribution is -2.47. The summed E-state index contributed by atoms with van der Waals surface area (Å²) in [5.41, 5.74) is 0.174. The minimum Gasteiger partial charge on any atom is -0.444 e. The minimum atomic E-state index is -0.543. The Morgan fingerprint density at radius 3 is 2.48 bits per heavy atom. The summed E-state index contributed by atoms with van der Waals surface area (Å²) >= 11 is 3.45. The summed E-state index contributed by atoms with van der Waals surface area (Å²) in [5.74, 6) is 0. The third-order valence-electron chi connectivity index (χ3n) is 2.98. The second kappa shape index (κ2) is 7.35. The second-order valence-electron chi connectivity index (χ2n) is 7.13. The highest BCUT2D eigenvalue weighted by Crippen LogP contribution is 2.25. The Kier molecular flexibility index (Phi) is 6.23. The van der Waals surface area contributed by atoms with Crippen molar-refractivity contribution in [1.82, 2.24) is 15.1 Å². The van der Waals surface area contributed by atoms with E-state index >= 15 is 0 Å². The van der Waals surface area contributed by atoms with E-state index in [0.29, 0.717) is 16.6 Å². The van der Waals surface area contributed by atoms with Crippen LogP contribution in [0.4, 0.5) is 4.79 Å². The molecule has 0 saturated carbocycles. The van der Waals surface area contributed by atoms with Crippen molar-refractivity contribution in [1.29, 1.82) is 5.26 Å². The maximum Gasteiger partial charge on any atom is 0.408 e. The number of nitriles is 1. The first-order chi connectivity index (χ1) is 10.5. The highest BCUT2D eigenvalue weighted by Gasteiger charge is 2.28. The fourth-order valence-corrected chi connectivity index (χ4v) is 2.67. The number of rotatable bonds is 5. The molecule has 0 aliphatic rings. The number of hydrogen-bond donors (Lipinski definition) is 1. The normalized spacial score (nSPS) is 11.9. The molecule has 1 heterocycles. The maximum atomic E-state index is 12.0. The summed E-state index contributed by atoms with van der Waals surface area (Å²) < 4.78 is 7.82. The number of amides is 1. The quantitative estimate of drug-likeness (QED) is 0.837. The van der Waals surface area contributed by atoms with Crippen molar-refractivity contribution < 1.29 is 9.53 Å². The number of carbonyl (C=O) groups is 1. The van der Waals surface area contributed by atoms with Crippen LogP contribution in [0.5, 0.6) is 0 Å². The molecule has 1 rings (SSSR count). The average molecular weight is 385 g/mol. The Morgan fingerprint density at radius 1 is 1.39 bits per heavy atom. The Balaban J connectivity index is 2.95. The summed E-state index contributed by atoms with van der Waals surface area (Å²) in [6.07, 6.45) is 0.980. The number of ether oxygens (including phenoxy) is 1. The SMILES string of the molecule is CCCn1nc(C#N)c(Br)c1CC(C)(C)NC(=O)OC(C)(C)C. The van der Waals surface area contributed by atoms with Crippen LogP contribution < -0.4 is 5.32 Å². The zero-order valence-electron chi connectivity index (χ0n) is 14.7. The smallest absolute Gasteiger partial charge is 0.408 e. The van der Waals surface area contributed by atoms with Crippen LogP contribution in [0.3, 0.4) is 0 Å². The van der Waals surface area contributed by atoms with Crippen LogP contribution >= 0.6 is 15.9 Å². The van der Waals surface area contributed by atoms with Gasteiger partial charge in [0.15, 0.2) is 5.69 Å². The van der Waals surface area contributed by atoms with Gasteiger partial charge in [-0.1, -0.05) is 6.92 Å². The first-order valence-corrected chi connectivity index (χ1v) is 8.45. The van der Waals surface area contributed by atoms with Gasteiger partial charge in [0, 0.05) is 18.5 Å².